The molecule has 4 nitrogen and oxygen atoms in total. The molecule has 0 aliphatic heterocycles. The molecule has 2 rings (SSSR count). The smallest absolute Gasteiger partial charge is 0.338 e. The number of rotatable bonds is 6. The molecule has 122 valence electrons. The van der Waals surface area contributed by atoms with Gasteiger partial charge in [0.1, 0.15) is 0 Å². The Balaban J connectivity index is 2.15. The van der Waals surface area contributed by atoms with E-state index in [1.165, 1.54) is 24.3 Å². The summed E-state index contributed by atoms with van der Waals surface area (Å²) >= 11 is 6.21. The summed E-state index contributed by atoms with van der Waals surface area (Å²) in [6, 6.07) is 14.7. The fourth-order valence-electron chi connectivity index (χ4n) is 2.06. The van der Waals surface area contributed by atoms with Gasteiger partial charge in [-0.2, -0.15) is 0 Å². The monoisotopic (exact) mass is 352 g/mol. The Morgan fingerprint density at radius 2 is 1.70 bits per heavy atom. The lowest BCUT2D eigenvalue weighted by Crippen LogP contribution is -2.12. The third kappa shape index (κ3) is 4.56. The second-order valence-electron chi connectivity index (χ2n) is 4.90. The highest BCUT2D eigenvalue weighted by atomic mass is 35.5. The van der Waals surface area contributed by atoms with Gasteiger partial charge in [0.25, 0.3) is 0 Å². The highest BCUT2D eigenvalue weighted by molar-refractivity contribution is 7.91. The lowest BCUT2D eigenvalue weighted by Gasteiger charge is -2.11. The van der Waals surface area contributed by atoms with Crippen LogP contribution in [0.5, 0.6) is 0 Å². The van der Waals surface area contributed by atoms with Gasteiger partial charge < -0.3 is 4.74 Å². The van der Waals surface area contributed by atoms with E-state index >= 15 is 0 Å². The summed E-state index contributed by atoms with van der Waals surface area (Å²) in [5.74, 6) is -0.687. The van der Waals surface area contributed by atoms with Crippen LogP contribution in [-0.4, -0.2) is 26.7 Å². The SMILES string of the molecule is CCOC(=O)c1ccc(S(=O)(=O)CC(Cl)c2ccccc2)cc1. The van der Waals surface area contributed by atoms with Gasteiger partial charge in [-0.1, -0.05) is 30.3 Å². The fraction of sp³-hybridized carbons (Fsp3) is 0.235. The van der Waals surface area contributed by atoms with Crippen molar-refractivity contribution in [3.63, 3.8) is 0 Å². The maximum atomic E-state index is 12.4. The van der Waals surface area contributed by atoms with Crippen LogP contribution in [-0.2, 0) is 14.6 Å². The van der Waals surface area contributed by atoms with Gasteiger partial charge in [-0.25, -0.2) is 13.2 Å². The van der Waals surface area contributed by atoms with E-state index in [9.17, 15) is 13.2 Å². The van der Waals surface area contributed by atoms with Crippen molar-refractivity contribution in [2.24, 2.45) is 0 Å². The van der Waals surface area contributed by atoms with E-state index in [1.54, 1.807) is 19.1 Å². The lowest BCUT2D eigenvalue weighted by molar-refractivity contribution is 0.0526. The molecule has 2 aromatic rings. The zero-order valence-electron chi connectivity index (χ0n) is 12.6. The van der Waals surface area contributed by atoms with E-state index in [0.29, 0.717) is 5.56 Å². The van der Waals surface area contributed by atoms with Crippen LogP contribution >= 0.6 is 11.6 Å². The molecule has 1 unspecified atom stereocenters. The van der Waals surface area contributed by atoms with Crippen molar-refractivity contribution < 1.29 is 17.9 Å². The molecule has 2 aromatic carbocycles. The molecule has 0 saturated heterocycles. The molecule has 23 heavy (non-hydrogen) atoms. The standard InChI is InChI=1S/C17H17ClO4S/c1-2-22-17(19)14-8-10-15(11-9-14)23(20,21)12-16(18)13-6-4-3-5-7-13/h3-11,16H,2,12H2,1H3. The molecule has 0 bridgehead atoms. The van der Waals surface area contributed by atoms with Gasteiger partial charge >= 0.3 is 5.97 Å². The molecule has 1 atom stereocenters. The minimum atomic E-state index is -3.55. The first-order valence-corrected chi connectivity index (χ1v) is 9.22. The number of alkyl halides is 1. The summed E-state index contributed by atoms with van der Waals surface area (Å²) in [5, 5.41) is -0.633. The third-order valence-electron chi connectivity index (χ3n) is 3.25. The zero-order chi connectivity index (χ0) is 16.9. The van der Waals surface area contributed by atoms with Gasteiger partial charge in [0, 0.05) is 0 Å². The lowest BCUT2D eigenvalue weighted by atomic mass is 10.2. The Kier molecular flexibility index (Phi) is 5.80. The van der Waals surface area contributed by atoms with Crippen molar-refractivity contribution in [1.82, 2.24) is 0 Å². The summed E-state index contributed by atoms with van der Waals surface area (Å²) in [5.41, 5.74) is 1.07. The van der Waals surface area contributed by atoms with Gasteiger partial charge in [-0.15, -0.1) is 11.6 Å². The Bertz CT molecular complexity index is 755. The molecule has 0 saturated carbocycles. The van der Waals surface area contributed by atoms with Crippen molar-refractivity contribution in [1.29, 1.82) is 0 Å². The number of esters is 1. The Hall–Kier alpha value is -1.85. The zero-order valence-corrected chi connectivity index (χ0v) is 14.2. The molecular formula is C17H17ClO4S. The topological polar surface area (TPSA) is 60.4 Å². The van der Waals surface area contributed by atoms with Crippen LogP contribution in [0.15, 0.2) is 59.5 Å². The van der Waals surface area contributed by atoms with Crippen LogP contribution in [0.2, 0.25) is 0 Å². The predicted molar refractivity (Wildman–Crippen MR) is 89.5 cm³/mol. The van der Waals surface area contributed by atoms with Crippen molar-refractivity contribution in [3.05, 3.63) is 65.7 Å². The number of hydrogen-bond acceptors (Lipinski definition) is 4. The molecule has 0 fully saturated rings. The van der Waals surface area contributed by atoms with Crippen molar-refractivity contribution in [2.75, 3.05) is 12.4 Å². The number of hydrogen-bond donors (Lipinski definition) is 0. The number of carbonyl (C=O) groups excluding carboxylic acids is 1. The van der Waals surface area contributed by atoms with Crippen LogP contribution in [0.4, 0.5) is 0 Å². The average molecular weight is 353 g/mol. The van der Waals surface area contributed by atoms with E-state index in [2.05, 4.69) is 0 Å². The van der Waals surface area contributed by atoms with Crippen molar-refractivity contribution >= 4 is 27.4 Å². The summed E-state index contributed by atoms with van der Waals surface area (Å²) in [7, 11) is -3.55. The predicted octanol–water partition coefficient (Wildman–Crippen LogP) is 3.62. The van der Waals surface area contributed by atoms with Gasteiger partial charge in [-0.3, -0.25) is 0 Å². The number of benzene rings is 2. The highest BCUT2D eigenvalue weighted by Gasteiger charge is 2.21. The summed E-state index contributed by atoms with van der Waals surface area (Å²) in [6.45, 7) is 1.98. The Morgan fingerprint density at radius 3 is 2.26 bits per heavy atom. The first kappa shape index (κ1) is 17.5. The van der Waals surface area contributed by atoms with Gasteiger partial charge in [-0.05, 0) is 36.8 Å². The van der Waals surface area contributed by atoms with Gasteiger partial charge in [0.15, 0.2) is 9.84 Å². The van der Waals surface area contributed by atoms with E-state index in [4.69, 9.17) is 16.3 Å². The number of sulfone groups is 1. The van der Waals surface area contributed by atoms with E-state index in [1.807, 2.05) is 18.2 Å². The quantitative estimate of drug-likeness (QED) is 0.588. The normalized spacial score (nSPS) is 12.6. The second-order valence-corrected chi connectivity index (χ2v) is 7.47. The first-order chi connectivity index (χ1) is 10.9. The largest absolute Gasteiger partial charge is 0.462 e. The van der Waals surface area contributed by atoms with Gasteiger partial charge in [0.2, 0.25) is 0 Å². The molecule has 0 aliphatic carbocycles. The van der Waals surface area contributed by atoms with Crippen LogP contribution in [0.1, 0.15) is 28.2 Å². The number of halogens is 1. The molecular weight excluding hydrogens is 336 g/mol. The molecule has 0 amide bonds. The molecule has 0 aromatic heterocycles. The van der Waals surface area contributed by atoms with Gasteiger partial charge in [0.05, 0.1) is 28.2 Å². The highest BCUT2D eigenvalue weighted by Crippen LogP contribution is 2.25. The van der Waals surface area contributed by atoms with Crippen molar-refractivity contribution in [2.45, 2.75) is 17.2 Å². The number of ether oxygens (including phenoxy) is 1. The number of carbonyl (C=O) groups is 1. The minimum absolute atomic E-state index is 0.132. The van der Waals surface area contributed by atoms with Crippen LogP contribution in [0.25, 0.3) is 0 Å². The minimum Gasteiger partial charge on any atom is -0.462 e. The maximum Gasteiger partial charge on any atom is 0.338 e. The molecule has 0 N–H and O–H groups in total. The third-order valence-corrected chi connectivity index (χ3v) is 5.60. The van der Waals surface area contributed by atoms with Crippen LogP contribution in [0.3, 0.4) is 0 Å². The molecule has 0 heterocycles. The van der Waals surface area contributed by atoms with E-state index in [0.717, 1.165) is 5.56 Å². The molecule has 0 radical (unpaired) electrons. The first-order valence-electron chi connectivity index (χ1n) is 7.13. The Morgan fingerprint density at radius 1 is 1.09 bits per heavy atom. The summed E-state index contributed by atoms with van der Waals surface area (Å²) < 4.78 is 29.7. The van der Waals surface area contributed by atoms with Crippen LogP contribution in [0, 0.1) is 0 Å². The van der Waals surface area contributed by atoms with E-state index in [-0.39, 0.29) is 17.3 Å². The van der Waals surface area contributed by atoms with Crippen molar-refractivity contribution in [3.8, 4) is 0 Å². The van der Waals surface area contributed by atoms with Crippen LogP contribution < -0.4 is 0 Å². The molecule has 0 aliphatic rings. The van der Waals surface area contributed by atoms with E-state index < -0.39 is 21.2 Å². The summed E-state index contributed by atoms with van der Waals surface area (Å²) in [6.07, 6.45) is 0. The second kappa shape index (κ2) is 7.62. The Labute approximate surface area is 141 Å². The maximum absolute atomic E-state index is 12.4. The fourth-order valence-corrected chi connectivity index (χ4v) is 4.02. The summed E-state index contributed by atoms with van der Waals surface area (Å²) in [4.78, 5) is 11.7. The molecule has 6 heteroatoms. The average Bonchev–Trinajstić information content (AvgIpc) is 2.55. The molecule has 0 spiro atoms.